The predicted molar refractivity (Wildman–Crippen MR) is 87.1 cm³/mol. The summed E-state index contributed by atoms with van der Waals surface area (Å²) >= 11 is 2.21. The first-order chi connectivity index (χ1) is 8.99. The Morgan fingerprint density at radius 1 is 1.45 bits per heavy atom. The SMILES string of the molecule is Cl.NC1(C(=O)NCC(O)COc2ccc(I)cc2)CC1. The molecular formula is C13H18ClIN2O3. The Bertz CT molecular complexity index is 451. The second-order valence-electron chi connectivity index (χ2n) is 4.78. The fraction of sp³-hybridized carbons (Fsp3) is 0.462. The molecule has 1 aliphatic carbocycles. The van der Waals surface area contributed by atoms with Crippen LogP contribution >= 0.6 is 35.0 Å². The Labute approximate surface area is 137 Å². The van der Waals surface area contributed by atoms with Crippen LogP contribution in [0.1, 0.15) is 12.8 Å². The largest absolute Gasteiger partial charge is 0.491 e. The summed E-state index contributed by atoms with van der Waals surface area (Å²) in [5.74, 6) is 0.504. The zero-order valence-corrected chi connectivity index (χ0v) is 13.8. The second-order valence-corrected chi connectivity index (χ2v) is 6.03. The molecule has 20 heavy (non-hydrogen) atoms. The Morgan fingerprint density at radius 2 is 2.05 bits per heavy atom. The van der Waals surface area contributed by atoms with E-state index in [0.29, 0.717) is 18.6 Å². The zero-order chi connectivity index (χ0) is 13.9. The number of carbonyl (C=O) groups excluding carboxylic acids is 1. The number of hydrogen-bond acceptors (Lipinski definition) is 4. The van der Waals surface area contributed by atoms with E-state index in [0.717, 1.165) is 3.57 Å². The molecule has 1 aromatic rings. The molecule has 5 nitrogen and oxygen atoms in total. The molecule has 0 aromatic heterocycles. The van der Waals surface area contributed by atoms with Crippen LogP contribution in [0.3, 0.4) is 0 Å². The fourth-order valence-corrected chi connectivity index (χ4v) is 1.89. The normalized spacial score (nSPS) is 16.8. The minimum Gasteiger partial charge on any atom is -0.491 e. The summed E-state index contributed by atoms with van der Waals surface area (Å²) in [6, 6.07) is 7.53. The van der Waals surface area contributed by atoms with E-state index in [1.165, 1.54) is 0 Å². The van der Waals surface area contributed by atoms with Gasteiger partial charge in [0.2, 0.25) is 5.91 Å². The molecule has 1 aliphatic rings. The van der Waals surface area contributed by atoms with E-state index >= 15 is 0 Å². The van der Waals surface area contributed by atoms with Crippen LogP contribution in [0.5, 0.6) is 5.75 Å². The third-order valence-electron chi connectivity index (χ3n) is 3.00. The van der Waals surface area contributed by atoms with Crippen molar-refractivity contribution in [3.05, 3.63) is 27.8 Å². The number of hydrogen-bond donors (Lipinski definition) is 3. The van der Waals surface area contributed by atoms with Gasteiger partial charge in [-0.25, -0.2) is 0 Å². The number of aliphatic hydroxyl groups is 1. The minimum absolute atomic E-state index is 0. The highest BCUT2D eigenvalue weighted by atomic mass is 127. The van der Waals surface area contributed by atoms with Crippen molar-refractivity contribution in [1.82, 2.24) is 5.32 Å². The molecule has 0 heterocycles. The number of aliphatic hydroxyl groups excluding tert-OH is 1. The van der Waals surface area contributed by atoms with Crippen LogP contribution in [0.15, 0.2) is 24.3 Å². The smallest absolute Gasteiger partial charge is 0.240 e. The number of nitrogens with one attached hydrogen (secondary N) is 1. The molecule has 1 amide bonds. The first kappa shape index (κ1) is 17.5. The first-order valence-corrected chi connectivity index (χ1v) is 7.21. The van der Waals surface area contributed by atoms with Gasteiger partial charge in [0, 0.05) is 10.1 Å². The van der Waals surface area contributed by atoms with E-state index in [2.05, 4.69) is 27.9 Å². The van der Waals surface area contributed by atoms with Crippen molar-refractivity contribution in [2.24, 2.45) is 5.73 Å². The molecule has 1 fully saturated rings. The third kappa shape index (κ3) is 5.08. The number of halogens is 2. The molecule has 1 unspecified atom stereocenters. The van der Waals surface area contributed by atoms with Crippen LogP contribution in [-0.4, -0.2) is 35.8 Å². The number of ether oxygens (including phenoxy) is 1. The Morgan fingerprint density at radius 3 is 2.60 bits per heavy atom. The highest BCUT2D eigenvalue weighted by Gasteiger charge is 2.45. The highest BCUT2D eigenvalue weighted by molar-refractivity contribution is 14.1. The summed E-state index contributed by atoms with van der Waals surface area (Å²) in [6.07, 6.45) is 0.688. The molecule has 4 N–H and O–H groups in total. The van der Waals surface area contributed by atoms with Gasteiger partial charge >= 0.3 is 0 Å². The molecule has 0 aliphatic heterocycles. The monoisotopic (exact) mass is 412 g/mol. The maximum absolute atomic E-state index is 11.6. The third-order valence-corrected chi connectivity index (χ3v) is 3.71. The summed E-state index contributed by atoms with van der Waals surface area (Å²) in [6.45, 7) is 0.292. The van der Waals surface area contributed by atoms with Gasteiger partial charge in [0.25, 0.3) is 0 Å². The summed E-state index contributed by atoms with van der Waals surface area (Å²) in [5.41, 5.74) is 5.03. The standard InChI is InChI=1S/C13H17IN2O3.ClH/c14-9-1-3-11(4-2-9)19-8-10(17)7-16-12(18)13(15)5-6-13;/h1-4,10,17H,5-8,15H2,(H,16,18);1H. The van der Waals surface area contributed by atoms with Crippen LogP contribution in [0, 0.1) is 3.57 Å². The van der Waals surface area contributed by atoms with Crippen molar-refractivity contribution in [2.45, 2.75) is 24.5 Å². The summed E-state index contributed by atoms with van der Waals surface area (Å²) in [4.78, 5) is 11.6. The van der Waals surface area contributed by atoms with Gasteiger partial charge in [-0.3, -0.25) is 4.79 Å². The maximum Gasteiger partial charge on any atom is 0.240 e. The van der Waals surface area contributed by atoms with E-state index in [1.54, 1.807) is 0 Å². The van der Waals surface area contributed by atoms with Crippen molar-refractivity contribution in [2.75, 3.05) is 13.2 Å². The first-order valence-electron chi connectivity index (χ1n) is 6.13. The molecule has 2 rings (SSSR count). The van der Waals surface area contributed by atoms with Crippen molar-refractivity contribution >= 4 is 40.9 Å². The molecule has 1 aromatic carbocycles. The quantitative estimate of drug-likeness (QED) is 0.610. The van der Waals surface area contributed by atoms with Crippen LogP contribution in [0.4, 0.5) is 0 Å². The van der Waals surface area contributed by atoms with Gasteiger partial charge < -0.3 is 20.9 Å². The van der Waals surface area contributed by atoms with Gasteiger partial charge in [-0.05, 0) is 59.7 Å². The summed E-state index contributed by atoms with van der Waals surface area (Å²) in [7, 11) is 0. The van der Waals surface area contributed by atoms with Crippen LogP contribution < -0.4 is 15.8 Å². The predicted octanol–water partition coefficient (Wildman–Crippen LogP) is 1.06. The lowest BCUT2D eigenvalue weighted by Crippen LogP contribution is -2.46. The fourth-order valence-electron chi connectivity index (χ4n) is 1.53. The Kier molecular flexibility index (Phi) is 6.50. The van der Waals surface area contributed by atoms with Crippen molar-refractivity contribution in [3.8, 4) is 5.75 Å². The van der Waals surface area contributed by atoms with Crippen LogP contribution in [0.25, 0.3) is 0 Å². The Balaban J connectivity index is 0.00000200. The second kappa shape index (κ2) is 7.44. The van der Waals surface area contributed by atoms with Gasteiger partial charge in [0.15, 0.2) is 0 Å². The van der Waals surface area contributed by atoms with E-state index < -0.39 is 11.6 Å². The minimum atomic E-state index is -0.745. The summed E-state index contributed by atoms with van der Waals surface area (Å²) < 4.78 is 6.54. The van der Waals surface area contributed by atoms with Gasteiger partial charge in [-0.15, -0.1) is 12.4 Å². The topological polar surface area (TPSA) is 84.6 Å². The van der Waals surface area contributed by atoms with Crippen molar-refractivity contribution < 1.29 is 14.6 Å². The summed E-state index contributed by atoms with van der Waals surface area (Å²) in [5, 5.41) is 12.4. The molecule has 0 saturated heterocycles. The average Bonchev–Trinajstić information content (AvgIpc) is 3.14. The van der Waals surface area contributed by atoms with Crippen molar-refractivity contribution in [1.29, 1.82) is 0 Å². The number of amides is 1. The molecule has 112 valence electrons. The molecular weight excluding hydrogens is 395 g/mol. The molecule has 0 bridgehead atoms. The van der Waals surface area contributed by atoms with E-state index in [4.69, 9.17) is 10.5 Å². The lowest BCUT2D eigenvalue weighted by molar-refractivity contribution is -0.123. The van der Waals surface area contributed by atoms with Crippen LogP contribution in [-0.2, 0) is 4.79 Å². The lowest BCUT2D eigenvalue weighted by atomic mass is 10.2. The lowest BCUT2D eigenvalue weighted by Gasteiger charge is -2.15. The van der Waals surface area contributed by atoms with Gasteiger partial charge in [0.1, 0.15) is 18.5 Å². The van der Waals surface area contributed by atoms with E-state index in [9.17, 15) is 9.90 Å². The van der Waals surface area contributed by atoms with Crippen LogP contribution in [0.2, 0.25) is 0 Å². The van der Waals surface area contributed by atoms with Crippen molar-refractivity contribution in [3.63, 3.8) is 0 Å². The highest BCUT2D eigenvalue weighted by Crippen LogP contribution is 2.31. The van der Waals surface area contributed by atoms with Gasteiger partial charge in [-0.2, -0.15) is 0 Å². The molecule has 0 spiro atoms. The number of nitrogens with two attached hydrogens (primary N) is 1. The van der Waals surface area contributed by atoms with Gasteiger partial charge in [-0.1, -0.05) is 0 Å². The van der Waals surface area contributed by atoms with E-state index in [1.807, 2.05) is 24.3 Å². The molecule has 1 atom stereocenters. The number of rotatable bonds is 6. The Hall–Kier alpha value is -0.570. The molecule has 7 heteroatoms. The average molecular weight is 413 g/mol. The number of carbonyl (C=O) groups is 1. The maximum atomic E-state index is 11.6. The molecule has 1 saturated carbocycles. The van der Waals surface area contributed by atoms with Gasteiger partial charge in [0.05, 0.1) is 5.54 Å². The number of benzene rings is 1. The van der Waals surface area contributed by atoms with E-state index in [-0.39, 0.29) is 31.5 Å². The molecule has 0 radical (unpaired) electrons. The zero-order valence-electron chi connectivity index (χ0n) is 10.8.